The van der Waals surface area contributed by atoms with Crippen LogP contribution in [-0.4, -0.2) is 29.5 Å². The predicted octanol–water partition coefficient (Wildman–Crippen LogP) is 4.19. The molecule has 1 N–H and O–H groups in total. The van der Waals surface area contributed by atoms with E-state index >= 15 is 0 Å². The maximum absolute atomic E-state index is 12.2. The average molecular weight is 446 g/mol. The van der Waals surface area contributed by atoms with Crippen molar-refractivity contribution in [1.82, 2.24) is 0 Å². The molecule has 0 aliphatic carbocycles. The highest BCUT2D eigenvalue weighted by Gasteiger charge is 2.19. The molecule has 0 heterocycles. The summed E-state index contributed by atoms with van der Waals surface area (Å²) in [6.45, 7) is 2.87. The molecule has 146 valence electrons. The molecule has 0 aliphatic heterocycles. The van der Waals surface area contributed by atoms with Gasteiger partial charge in [-0.3, -0.25) is 19.2 Å². The summed E-state index contributed by atoms with van der Waals surface area (Å²) in [5.41, 5.74) is 1.41. The lowest BCUT2D eigenvalue weighted by atomic mass is 10.1. The van der Waals surface area contributed by atoms with Crippen molar-refractivity contribution in [2.24, 2.45) is 0 Å². The van der Waals surface area contributed by atoms with Gasteiger partial charge in [-0.25, -0.2) is 0 Å². The lowest BCUT2D eigenvalue weighted by Crippen LogP contribution is -2.30. The van der Waals surface area contributed by atoms with Crippen LogP contribution in [0, 0.1) is 0 Å². The van der Waals surface area contributed by atoms with Crippen molar-refractivity contribution in [1.29, 1.82) is 0 Å². The van der Waals surface area contributed by atoms with Gasteiger partial charge in [-0.1, -0.05) is 40.2 Å². The minimum atomic E-state index is -1.03. The number of carbonyl (C=O) groups excluding carboxylic acids is 4. The molecule has 1 unspecified atom stereocenters. The van der Waals surface area contributed by atoms with E-state index in [1.807, 2.05) is 0 Å². The van der Waals surface area contributed by atoms with Crippen LogP contribution in [0.5, 0.6) is 0 Å². The molecule has 0 saturated heterocycles. The van der Waals surface area contributed by atoms with Gasteiger partial charge in [0.25, 0.3) is 5.91 Å². The van der Waals surface area contributed by atoms with Crippen molar-refractivity contribution in [2.45, 2.75) is 32.8 Å². The third-order valence-electron chi connectivity index (χ3n) is 3.94. The van der Waals surface area contributed by atoms with Gasteiger partial charge in [-0.2, -0.15) is 0 Å². The number of ether oxygens (including phenoxy) is 1. The SMILES string of the molecule is CC(=O)c1cccc(NC(=O)C(C)OC(=O)CCC(=O)c2ccc(Br)cc2)c1. The van der Waals surface area contributed by atoms with Gasteiger partial charge < -0.3 is 10.1 Å². The van der Waals surface area contributed by atoms with Crippen LogP contribution in [0.2, 0.25) is 0 Å². The minimum absolute atomic E-state index is 0.00450. The van der Waals surface area contributed by atoms with Gasteiger partial charge in [-0.15, -0.1) is 0 Å². The molecule has 0 radical (unpaired) electrons. The molecule has 2 aromatic carbocycles. The molecule has 0 bridgehead atoms. The molecule has 0 aromatic heterocycles. The number of carbonyl (C=O) groups is 4. The summed E-state index contributed by atoms with van der Waals surface area (Å²) >= 11 is 3.29. The molecule has 28 heavy (non-hydrogen) atoms. The van der Waals surface area contributed by atoms with Crippen LogP contribution >= 0.6 is 15.9 Å². The normalized spacial score (nSPS) is 11.4. The average Bonchev–Trinajstić information content (AvgIpc) is 2.66. The van der Waals surface area contributed by atoms with E-state index in [9.17, 15) is 19.2 Å². The zero-order valence-electron chi connectivity index (χ0n) is 15.5. The molecule has 0 fully saturated rings. The summed E-state index contributed by atoms with van der Waals surface area (Å²) in [5, 5.41) is 2.60. The maximum atomic E-state index is 12.2. The summed E-state index contributed by atoms with van der Waals surface area (Å²) in [4.78, 5) is 47.6. The molecule has 0 saturated carbocycles. The maximum Gasteiger partial charge on any atom is 0.307 e. The summed E-state index contributed by atoms with van der Waals surface area (Å²) in [5.74, 6) is -1.45. The molecule has 7 heteroatoms. The third-order valence-corrected chi connectivity index (χ3v) is 4.47. The molecule has 1 amide bonds. The smallest absolute Gasteiger partial charge is 0.307 e. The lowest BCUT2D eigenvalue weighted by molar-refractivity contribution is -0.153. The Morgan fingerprint density at radius 1 is 1.00 bits per heavy atom. The van der Waals surface area contributed by atoms with Crippen molar-refractivity contribution in [3.63, 3.8) is 0 Å². The number of benzene rings is 2. The first-order valence-electron chi connectivity index (χ1n) is 8.66. The summed E-state index contributed by atoms with van der Waals surface area (Å²) < 4.78 is 5.95. The van der Waals surface area contributed by atoms with E-state index in [0.717, 1.165) is 4.47 Å². The van der Waals surface area contributed by atoms with Crippen LogP contribution in [0.3, 0.4) is 0 Å². The van der Waals surface area contributed by atoms with Crippen molar-refractivity contribution >= 4 is 45.1 Å². The fraction of sp³-hybridized carbons (Fsp3) is 0.238. The molecule has 0 aliphatic rings. The highest BCUT2D eigenvalue weighted by atomic mass is 79.9. The van der Waals surface area contributed by atoms with Gasteiger partial charge >= 0.3 is 5.97 Å². The fourth-order valence-corrected chi connectivity index (χ4v) is 2.63. The Labute approximate surface area is 171 Å². The number of halogens is 1. The van der Waals surface area contributed by atoms with Gasteiger partial charge in [0.2, 0.25) is 0 Å². The minimum Gasteiger partial charge on any atom is -0.453 e. The fourth-order valence-electron chi connectivity index (χ4n) is 2.37. The number of ketones is 2. The van der Waals surface area contributed by atoms with Crippen LogP contribution in [0.4, 0.5) is 5.69 Å². The molecule has 2 aromatic rings. The number of anilines is 1. The summed E-state index contributed by atoms with van der Waals surface area (Å²) in [6, 6.07) is 13.3. The Morgan fingerprint density at radius 3 is 2.32 bits per heavy atom. The largest absolute Gasteiger partial charge is 0.453 e. The van der Waals surface area contributed by atoms with E-state index in [1.54, 1.807) is 48.5 Å². The standard InChI is InChI=1S/C21H20BrNO5/c1-13(24)16-4-3-5-18(12-16)23-21(27)14(2)28-20(26)11-10-19(25)15-6-8-17(22)9-7-15/h3-9,12,14H,10-11H2,1-2H3,(H,23,27). The molecule has 0 spiro atoms. The first-order valence-corrected chi connectivity index (χ1v) is 9.45. The monoisotopic (exact) mass is 445 g/mol. The first kappa shape index (κ1) is 21.5. The Balaban J connectivity index is 1.83. The van der Waals surface area contributed by atoms with Gasteiger partial charge in [0.05, 0.1) is 6.42 Å². The molecular weight excluding hydrogens is 426 g/mol. The van der Waals surface area contributed by atoms with E-state index in [0.29, 0.717) is 16.8 Å². The molecule has 6 nitrogen and oxygen atoms in total. The van der Waals surface area contributed by atoms with Gasteiger partial charge in [0.15, 0.2) is 17.7 Å². The topological polar surface area (TPSA) is 89.5 Å². The van der Waals surface area contributed by atoms with Crippen molar-refractivity contribution in [3.8, 4) is 0 Å². The Hall–Kier alpha value is -2.80. The second kappa shape index (κ2) is 9.94. The molecule has 1 atom stereocenters. The summed E-state index contributed by atoms with van der Waals surface area (Å²) in [6.07, 6.45) is -1.15. The van der Waals surface area contributed by atoms with Gasteiger partial charge in [0, 0.05) is 27.7 Å². The van der Waals surface area contributed by atoms with Crippen LogP contribution in [-0.2, 0) is 14.3 Å². The zero-order valence-corrected chi connectivity index (χ0v) is 17.1. The van der Waals surface area contributed by atoms with Crippen molar-refractivity contribution in [3.05, 3.63) is 64.1 Å². The quantitative estimate of drug-likeness (QED) is 0.485. The second-order valence-electron chi connectivity index (χ2n) is 6.19. The molecule has 2 rings (SSSR count). The van der Waals surface area contributed by atoms with Gasteiger partial charge in [-0.05, 0) is 38.1 Å². The number of rotatable bonds is 8. The number of nitrogens with one attached hydrogen (secondary N) is 1. The Morgan fingerprint density at radius 2 is 1.68 bits per heavy atom. The van der Waals surface area contributed by atoms with E-state index < -0.39 is 18.0 Å². The number of hydrogen-bond acceptors (Lipinski definition) is 5. The van der Waals surface area contributed by atoms with Gasteiger partial charge in [0.1, 0.15) is 0 Å². The van der Waals surface area contributed by atoms with E-state index in [4.69, 9.17) is 4.74 Å². The Kier molecular flexibility index (Phi) is 7.63. The number of esters is 1. The highest BCUT2D eigenvalue weighted by molar-refractivity contribution is 9.10. The van der Waals surface area contributed by atoms with E-state index in [2.05, 4.69) is 21.2 Å². The number of amides is 1. The summed E-state index contributed by atoms with van der Waals surface area (Å²) in [7, 11) is 0. The van der Waals surface area contributed by atoms with Crippen LogP contribution in [0.15, 0.2) is 53.0 Å². The van der Waals surface area contributed by atoms with Crippen molar-refractivity contribution in [2.75, 3.05) is 5.32 Å². The van der Waals surface area contributed by atoms with Crippen molar-refractivity contribution < 1.29 is 23.9 Å². The number of Topliss-reactive ketones (excluding diaryl/α,β-unsaturated/α-hetero) is 2. The van der Waals surface area contributed by atoms with Crippen LogP contribution < -0.4 is 5.32 Å². The van der Waals surface area contributed by atoms with E-state index in [1.165, 1.54) is 13.8 Å². The third kappa shape index (κ3) is 6.42. The zero-order chi connectivity index (χ0) is 20.7. The predicted molar refractivity (Wildman–Crippen MR) is 108 cm³/mol. The number of hydrogen-bond donors (Lipinski definition) is 1. The lowest BCUT2D eigenvalue weighted by Gasteiger charge is -2.14. The molecular formula is C21H20BrNO5. The van der Waals surface area contributed by atoms with Crippen LogP contribution in [0.1, 0.15) is 47.4 Å². The Bertz CT molecular complexity index is 892. The van der Waals surface area contributed by atoms with E-state index in [-0.39, 0.29) is 24.4 Å². The van der Waals surface area contributed by atoms with Crippen LogP contribution in [0.25, 0.3) is 0 Å². The first-order chi connectivity index (χ1) is 13.3. The second-order valence-corrected chi connectivity index (χ2v) is 7.10. The highest BCUT2D eigenvalue weighted by Crippen LogP contribution is 2.14.